The zero-order valence-electron chi connectivity index (χ0n) is 17.3. The fourth-order valence-electron chi connectivity index (χ4n) is 2.70. The zero-order chi connectivity index (χ0) is 23.2. The molecule has 10 heteroatoms. The second-order valence-electron chi connectivity index (χ2n) is 7.27. The molecule has 0 radical (unpaired) electrons. The van der Waals surface area contributed by atoms with Crippen LogP contribution in [-0.4, -0.2) is 26.7 Å². The Morgan fingerprint density at radius 3 is 2.42 bits per heavy atom. The fraction of sp³-hybridized carbons (Fsp3) is 0.333. The van der Waals surface area contributed by atoms with Crippen molar-refractivity contribution in [2.75, 3.05) is 11.4 Å². The van der Waals surface area contributed by atoms with Gasteiger partial charge in [-0.15, -0.1) is 0 Å². The number of hydrogen-bond donors (Lipinski definition) is 2. The van der Waals surface area contributed by atoms with Gasteiger partial charge in [-0.2, -0.15) is 13.2 Å². The normalized spacial score (nSPS) is 12.9. The first-order chi connectivity index (χ1) is 14.5. The van der Waals surface area contributed by atoms with E-state index in [1.807, 2.05) is 13.8 Å². The fourth-order valence-corrected chi connectivity index (χ4v) is 3.00. The van der Waals surface area contributed by atoms with Gasteiger partial charge in [0.15, 0.2) is 0 Å². The van der Waals surface area contributed by atoms with Crippen molar-refractivity contribution in [3.8, 4) is 0 Å². The maximum atomic E-state index is 12.9. The highest BCUT2D eigenvalue weighted by molar-refractivity contribution is 7.80. The maximum Gasteiger partial charge on any atom is 0.433 e. The molecule has 2 aromatic rings. The van der Waals surface area contributed by atoms with Crippen LogP contribution in [0.25, 0.3) is 6.08 Å². The van der Waals surface area contributed by atoms with E-state index in [9.17, 15) is 22.2 Å². The standard InChI is InChI=1S/C21H24F3N3O3S/c1-14(2)12-18-16(6-10-19(26-18)21(22,23)24)7-11-20(28)25-13-15-4-8-17(9-5-15)27(3)31(29)30/h4-11,14H,12-13H2,1-3H3,(H,25,28)(H,29,30). The second-order valence-corrected chi connectivity index (χ2v) is 8.28. The smallest absolute Gasteiger partial charge is 0.348 e. The number of pyridine rings is 1. The number of alkyl halides is 3. The largest absolute Gasteiger partial charge is 0.433 e. The third-order valence-electron chi connectivity index (χ3n) is 4.32. The minimum Gasteiger partial charge on any atom is -0.348 e. The lowest BCUT2D eigenvalue weighted by Gasteiger charge is -2.14. The van der Waals surface area contributed by atoms with Crippen molar-refractivity contribution in [3.63, 3.8) is 0 Å². The zero-order valence-corrected chi connectivity index (χ0v) is 18.1. The molecule has 1 atom stereocenters. The minimum absolute atomic E-state index is 0.0993. The molecule has 1 aromatic carbocycles. The van der Waals surface area contributed by atoms with E-state index >= 15 is 0 Å². The molecule has 31 heavy (non-hydrogen) atoms. The first kappa shape index (κ1) is 24.5. The number of carbonyl (C=O) groups excluding carboxylic acids is 1. The number of nitrogens with zero attached hydrogens (tertiary/aromatic N) is 2. The van der Waals surface area contributed by atoms with Gasteiger partial charge >= 0.3 is 6.18 Å². The number of benzene rings is 1. The maximum absolute atomic E-state index is 12.9. The lowest BCUT2D eigenvalue weighted by atomic mass is 10.0. The molecule has 0 saturated heterocycles. The van der Waals surface area contributed by atoms with Gasteiger partial charge < -0.3 is 5.32 Å². The molecule has 0 aliphatic rings. The minimum atomic E-state index is -4.53. The van der Waals surface area contributed by atoms with Crippen molar-refractivity contribution in [2.24, 2.45) is 5.92 Å². The van der Waals surface area contributed by atoms with Crippen LogP contribution in [0.2, 0.25) is 0 Å². The molecule has 1 heterocycles. The molecule has 2 rings (SSSR count). The van der Waals surface area contributed by atoms with Crippen LogP contribution in [0, 0.1) is 5.92 Å². The Kier molecular flexibility index (Phi) is 8.35. The number of carbonyl (C=O) groups is 1. The predicted octanol–water partition coefficient (Wildman–Crippen LogP) is 4.20. The van der Waals surface area contributed by atoms with Crippen LogP contribution in [0.5, 0.6) is 0 Å². The van der Waals surface area contributed by atoms with Gasteiger partial charge in [0.05, 0.1) is 5.69 Å². The van der Waals surface area contributed by atoms with Crippen LogP contribution < -0.4 is 9.62 Å². The molecule has 0 aliphatic carbocycles. The second kappa shape index (κ2) is 10.5. The molecule has 1 unspecified atom stereocenters. The molecule has 0 fully saturated rings. The van der Waals surface area contributed by atoms with Crippen LogP contribution >= 0.6 is 0 Å². The van der Waals surface area contributed by atoms with Crippen LogP contribution in [-0.2, 0) is 35.2 Å². The Hall–Kier alpha value is -2.72. The van der Waals surface area contributed by atoms with Crippen molar-refractivity contribution in [3.05, 3.63) is 65.0 Å². The summed E-state index contributed by atoms with van der Waals surface area (Å²) < 4.78 is 60.1. The van der Waals surface area contributed by atoms with E-state index in [0.29, 0.717) is 17.7 Å². The number of amides is 1. The molecule has 0 aliphatic heterocycles. The van der Waals surface area contributed by atoms with Crippen molar-refractivity contribution < 1.29 is 26.7 Å². The van der Waals surface area contributed by atoms with Crippen molar-refractivity contribution >= 4 is 28.9 Å². The SMILES string of the molecule is CC(C)Cc1nc(C(F)(F)F)ccc1C=CC(=O)NCc1ccc(N(C)S(=O)O)cc1. The first-order valence-corrected chi connectivity index (χ1v) is 10.5. The topological polar surface area (TPSA) is 82.5 Å². The van der Waals surface area contributed by atoms with Gasteiger partial charge in [-0.1, -0.05) is 32.0 Å². The quantitative estimate of drug-likeness (QED) is 0.462. The predicted molar refractivity (Wildman–Crippen MR) is 114 cm³/mol. The summed E-state index contributed by atoms with van der Waals surface area (Å²) in [5.74, 6) is -0.310. The van der Waals surface area contributed by atoms with E-state index in [0.717, 1.165) is 11.6 Å². The van der Waals surface area contributed by atoms with Crippen molar-refractivity contribution in [1.82, 2.24) is 10.3 Å². The van der Waals surface area contributed by atoms with Gasteiger partial charge in [-0.05, 0) is 47.7 Å². The van der Waals surface area contributed by atoms with Crippen LogP contribution in [0.1, 0.15) is 36.4 Å². The third-order valence-corrected chi connectivity index (χ3v) is 5.00. The van der Waals surface area contributed by atoms with Gasteiger partial charge in [-0.25, -0.2) is 9.19 Å². The van der Waals surface area contributed by atoms with E-state index < -0.39 is 29.0 Å². The Morgan fingerprint density at radius 2 is 1.87 bits per heavy atom. The van der Waals surface area contributed by atoms with Crippen LogP contribution in [0.15, 0.2) is 42.5 Å². The lowest BCUT2D eigenvalue weighted by molar-refractivity contribution is -0.141. The van der Waals surface area contributed by atoms with Crippen molar-refractivity contribution in [1.29, 1.82) is 0 Å². The summed E-state index contributed by atoms with van der Waals surface area (Å²) in [6.45, 7) is 3.98. The molecule has 6 nitrogen and oxygen atoms in total. The Morgan fingerprint density at radius 1 is 1.23 bits per heavy atom. The summed E-state index contributed by atoms with van der Waals surface area (Å²) in [5.41, 5.74) is 1.11. The highest BCUT2D eigenvalue weighted by atomic mass is 32.2. The summed E-state index contributed by atoms with van der Waals surface area (Å²) in [6.07, 6.45) is -1.47. The molecular formula is C21H24F3N3O3S. The summed E-state index contributed by atoms with van der Waals surface area (Å²) in [7, 11) is 1.47. The van der Waals surface area contributed by atoms with Gasteiger partial charge in [0, 0.05) is 25.4 Å². The Labute approximate surface area is 181 Å². The number of rotatable bonds is 8. The molecular weight excluding hydrogens is 431 g/mol. The molecule has 1 aromatic heterocycles. The Bertz CT molecular complexity index is 961. The highest BCUT2D eigenvalue weighted by Crippen LogP contribution is 2.29. The van der Waals surface area contributed by atoms with Gasteiger partial charge in [0.2, 0.25) is 5.91 Å². The summed E-state index contributed by atoms with van der Waals surface area (Å²) in [5, 5.41) is 2.69. The summed E-state index contributed by atoms with van der Waals surface area (Å²) >= 11 is -2.13. The molecule has 0 bridgehead atoms. The van der Waals surface area contributed by atoms with E-state index in [-0.39, 0.29) is 18.2 Å². The van der Waals surface area contributed by atoms with Crippen molar-refractivity contribution in [2.45, 2.75) is 33.0 Å². The average Bonchev–Trinajstić information content (AvgIpc) is 2.69. The number of hydrogen-bond acceptors (Lipinski definition) is 3. The monoisotopic (exact) mass is 455 g/mol. The molecule has 0 spiro atoms. The lowest BCUT2D eigenvalue weighted by Crippen LogP contribution is -2.21. The average molecular weight is 456 g/mol. The Balaban J connectivity index is 2.05. The molecule has 1 amide bonds. The first-order valence-electron chi connectivity index (χ1n) is 9.44. The van der Waals surface area contributed by atoms with E-state index in [2.05, 4.69) is 10.3 Å². The van der Waals surface area contributed by atoms with Crippen LogP contribution in [0.3, 0.4) is 0 Å². The molecule has 2 N–H and O–H groups in total. The summed E-state index contributed by atoms with van der Waals surface area (Å²) in [6, 6.07) is 8.94. The van der Waals surface area contributed by atoms with Crippen LogP contribution in [0.4, 0.5) is 18.9 Å². The number of halogens is 3. The molecule has 168 valence electrons. The van der Waals surface area contributed by atoms with Gasteiger partial charge in [0.25, 0.3) is 11.3 Å². The summed E-state index contributed by atoms with van der Waals surface area (Å²) in [4.78, 5) is 15.9. The van der Waals surface area contributed by atoms with E-state index in [1.54, 1.807) is 24.3 Å². The molecule has 0 saturated carbocycles. The highest BCUT2D eigenvalue weighted by Gasteiger charge is 2.32. The number of nitrogens with one attached hydrogen (secondary N) is 1. The van der Waals surface area contributed by atoms with E-state index in [4.69, 9.17) is 4.55 Å². The third kappa shape index (κ3) is 7.48. The van der Waals surface area contributed by atoms with Gasteiger partial charge in [-0.3, -0.25) is 13.7 Å². The van der Waals surface area contributed by atoms with Gasteiger partial charge in [0.1, 0.15) is 5.69 Å². The number of anilines is 1. The van der Waals surface area contributed by atoms with E-state index in [1.165, 1.54) is 29.6 Å². The number of aromatic nitrogens is 1.